The minimum Gasteiger partial charge on any atom is -0.466 e. The second-order valence-corrected chi connectivity index (χ2v) is 5.07. The van der Waals surface area contributed by atoms with Crippen LogP contribution in [0.1, 0.15) is 39.5 Å². The summed E-state index contributed by atoms with van der Waals surface area (Å²) in [5.74, 6) is -0.0964. The summed E-state index contributed by atoms with van der Waals surface area (Å²) in [5, 5.41) is 0. The Morgan fingerprint density at radius 3 is 2.42 bits per heavy atom. The number of hydrogen-bond donors (Lipinski definition) is 1. The number of carbonyl (C=O) groups is 2. The summed E-state index contributed by atoms with van der Waals surface area (Å²) in [5.41, 5.74) is 5.66. The minimum absolute atomic E-state index is 0.0495. The predicted octanol–water partition coefficient (Wildman–Crippen LogP) is 1.16. The van der Waals surface area contributed by atoms with Crippen LogP contribution in [0.25, 0.3) is 0 Å². The molecule has 0 aromatic carbocycles. The standard InChI is InChI=1S/C14H26N2O3/c1-3-5-12(10-15)13(17)16-8-6-11(7-9-16)14(18)19-4-2/h11-12H,3-10,15H2,1-2H3. The van der Waals surface area contributed by atoms with Gasteiger partial charge in [-0.1, -0.05) is 13.3 Å². The van der Waals surface area contributed by atoms with Gasteiger partial charge in [0.25, 0.3) is 0 Å². The number of ether oxygens (including phenoxy) is 1. The van der Waals surface area contributed by atoms with Gasteiger partial charge in [0.2, 0.25) is 5.91 Å². The van der Waals surface area contributed by atoms with Crippen molar-refractivity contribution in [1.82, 2.24) is 4.90 Å². The van der Waals surface area contributed by atoms with Gasteiger partial charge >= 0.3 is 5.97 Å². The van der Waals surface area contributed by atoms with E-state index in [1.165, 1.54) is 0 Å². The Labute approximate surface area is 115 Å². The second kappa shape index (κ2) is 8.15. The third-order valence-corrected chi connectivity index (χ3v) is 3.70. The lowest BCUT2D eigenvalue weighted by Gasteiger charge is -2.33. The zero-order chi connectivity index (χ0) is 14.3. The molecule has 1 aliphatic heterocycles. The summed E-state index contributed by atoms with van der Waals surface area (Å²) in [6, 6.07) is 0. The highest BCUT2D eigenvalue weighted by molar-refractivity contribution is 5.79. The molecule has 1 amide bonds. The van der Waals surface area contributed by atoms with Crippen molar-refractivity contribution in [2.24, 2.45) is 17.6 Å². The van der Waals surface area contributed by atoms with E-state index in [2.05, 4.69) is 6.92 Å². The van der Waals surface area contributed by atoms with E-state index in [4.69, 9.17) is 10.5 Å². The maximum absolute atomic E-state index is 12.3. The maximum atomic E-state index is 12.3. The molecule has 110 valence electrons. The first-order valence-corrected chi connectivity index (χ1v) is 7.29. The average molecular weight is 270 g/mol. The number of nitrogens with zero attached hydrogens (tertiary/aromatic N) is 1. The molecule has 1 fully saturated rings. The minimum atomic E-state index is -0.126. The Bertz CT molecular complexity index is 299. The first-order chi connectivity index (χ1) is 9.13. The van der Waals surface area contributed by atoms with Crippen LogP contribution in [-0.4, -0.2) is 43.0 Å². The summed E-state index contributed by atoms with van der Waals surface area (Å²) >= 11 is 0. The lowest BCUT2D eigenvalue weighted by atomic mass is 9.94. The van der Waals surface area contributed by atoms with E-state index >= 15 is 0 Å². The van der Waals surface area contributed by atoms with E-state index in [0.717, 1.165) is 12.8 Å². The summed E-state index contributed by atoms with van der Waals surface area (Å²) in [4.78, 5) is 25.7. The van der Waals surface area contributed by atoms with E-state index in [9.17, 15) is 9.59 Å². The molecule has 0 aliphatic carbocycles. The number of esters is 1. The first kappa shape index (κ1) is 16.0. The van der Waals surface area contributed by atoms with Crippen molar-refractivity contribution >= 4 is 11.9 Å². The monoisotopic (exact) mass is 270 g/mol. The van der Waals surface area contributed by atoms with Gasteiger partial charge in [0, 0.05) is 19.6 Å². The maximum Gasteiger partial charge on any atom is 0.309 e. The second-order valence-electron chi connectivity index (χ2n) is 5.07. The number of nitrogens with two attached hydrogens (primary N) is 1. The van der Waals surface area contributed by atoms with Crippen LogP contribution in [0.5, 0.6) is 0 Å². The molecule has 0 bridgehead atoms. The first-order valence-electron chi connectivity index (χ1n) is 7.29. The highest BCUT2D eigenvalue weighted by atomic mass is 16.5. The Morgan fingerprint density at radius 1 is 1.32 bits per heavy atom. The van der Waals surface area contributed by atoms with Gasteiger partial charge in [-0.3, -0.25) is 9.59 Å². The van der Waals surface area contributed by atoms with Gasteiger partial charge in [-0.15, -0.1) is 0 Å². The number of piperidine rings is 1. The molecule has 5 heteroatoms. The molecule has 0 aromatic rings. The zero-order valence-electron chi connectivity index (χ0n) is 12.1. The Kier molecular flexibility index (Phi) is 6.84. The molecule has 1 saturated heterocycles. The van der Waals surface area contributed by atoms with Crippen molar-refractivity contribution in [3.05, 3.63) is 0 Å². The number of amides is 1. The topological polar surface area (TPSA) is 72.6 Å². The Hall–Kier alpha value is -1.10. The van der Waals surface area contributed by atoms with Crippen LogP contribution in [-0.2, 0) is 14.3 Å². The smallest absolute Gasteiger partial charge is 0.309 e. The molecule has 2 N–H and O–H groups in total. The number of rotatable bonds is 6. The van der Waals surface area contributed by atoms with Gasteiger partial charge in [0.1, 0.15) is 0 Å². The Morgan fingerprint density at radius 2 is 1.95 bits per heavy atom. The molecule has 0 radical (unpaired) electrons. The normalized spacial score (nSPS) is 18.2. The van der Waals surface area contributed by atoms with Crippen molar-refractivity contribution < 1.29 is 14.3 Å². The van der Waals surface area contributed by atoms with Crippen LogP contribution in [0.3, 0.4) is 0 Å². The number of likely N-dealkylation sites (tertiary alicyclic amines) is 1. The molecule has 1 unspecified atom stereocenters. The lowest BCUT2D eigenvalue weighted by Crippen LogP contribution is -2.44. The third-order valence-electron chi connectivity index (χ3n) is 3.70. The zero-order valence-corrected chi connectivity index (χ0v) is 12.1. The van der Waals surface area contributed by atoms with Crippen LogP contribution in [0.4, 0.5) is 0 Å². The molecule has 1 aliphatic rings. The van der Waals surface area contributed by atoms with E-state index in [0.29, 0.717) is 39.1 Å². The number of carbonyl (C=O) groups excluding carboxylic acids is 2. The van der Waals surface area contributed by atoms with E-state index in [-0.39, 0.29) is 23.7 Å². The molecule has 0 saturated carbocycles. The van der Waals surface area contributed by atoms with Gasteiger partial charge < -0.3 is 15.4 Å². The van der Waals surface area contributed by atoms with Crippen molar-refractivity contribution in [3.8, 4) is 0 Å². The average Bonchev–Trinajstić information content (AvgIpc) is 2.44. The SMILES string of the molecule is CCCC(CN)C(=O)N1CCC(C(=O)OCC)CC1. The van der Waals surface area contributed by atoms with Gasteiger partial charge in [0.05, 0.1) is 18.4 Å². The molecule has 1 rings (SSSR count). The predicted molar refractivity (Wildman–Crippen MR) is 73.4 cm³/mol. The summed E-state index contributed by atoms with van der Waals surface area (Å²) in [6.45, 7) is 5.98. The number of hydrogen-bond acceptors (Lipinski definition) is 4. The van der Waals surface area contributed by atoms with Crippen LogP contribution >= 0.6 is 0 Å². The summed E-state index contributed by atoms with van der Waals surface area (Å²) in [6.07, 6.45) is 3.21. The van der Waals surface area contributed by atoms with Crippen molar-refractivity contribution in [3.63, 3.8) is 0 Å². The van der Waals surface area contributed by atoms with E-state index in [1.54, 1.807) is 0 Å². The molecular formula is C14H26N2O3. The van der Waals surface area contributed by atoms with Crippen LogP contribution in [0.2, 0.25) is 0 Å². The molecule has 0 spiro atoms. The van der Waals surface area contributed by atoms with E-state index < -0.39 is 0 Å². The summed E-state index contributed by atoms with van der Waals surface area (Å²) in [7, 11) is 0. The van der Waals surface area contributed by atoms with Gasteiger partial charge in [0.15, 0.2) is 0 Å². The van der Waals surface area contributed by atoms with Crippen LogP contribution < -0.4 is 5.73 Å². The van der Waals surface area contributed by atoms with E-state index in [1.807, 2.05) is 11.8 Å². The third kappa shape index (κ3) is 4.49. The summed E-state index contributed by atoms with van der Waals surface area (Å²) < 4.78 is 5.02. The molecule has 5 nitrogen and oxygen atoms in total. The van der Waals surface area contributed by atoms with Crippen LogP contribution in [0, 0.1) is 11.8 Å². The highest BCUT2D eigenvalue weighted by Gasteiger charge is 2.30. The molecular weight excluding hydrogens is 244 g/mol. The molecule has 1 atom stereocenters. The molecule has 1 heterocycles. The molecule has 0 aromatic heterocycles. The highest BCUT2D eigenvalue weighted by Crippen LogP contribution is 2.21. The van der Waals surface area contributed by atoms with Crippen molar-refractivity contribution in [1.29, 1.82) is 0 Å². The van der Waals surface area contributed by atoms with Gasteiger partial charge in [-0.05, 0) is 26.2 Å². The molecule has 19 heavy (non-hydrogen) atoms. The Balaban J connectivity index is 2.44. The van der Waals surface area contributed by atoms with Gasteiger partial charge in [-0.2, -0.15) is 0 Å². The van der Waals surface area contributed by atoms with Crippen LogP contribution in [0.15, 0.2) is 0 Å². The fraction of sp³-hybridized carbons (Fsp3) is 0.857. The lowest BCUT2D eigenvalue weighted by molar-refractivity contribution is -0.151. The fourth-order valence-electron chi connectivity index (χ4n) is 2.54. The van der Waals surface area contributed by atoms with Crippen molar-refractivity contribution in [2.45, 2.75) is 39.5 Å². The fourth-order valence-corrected chi connectivity index (χ4v) is 2.54. The largest absolute Gasteiger partial charge is 0.466 e. The van der Waals surface area contributed by atoms with Gasteiger partial charge in [-0.25, -0.2) is 0 Å². The quantitative estimate of drug-likeness (QED) is 0.735. The van der Waals surface area contributed by atoms with Crippen molar-refractivity contribution in [2.75, 3.05) is 26.2 Å².